The highest BCUT2D eigenvalue weighted by Gasteiger charge is 2.25. The molecular formula is C25H26O4S. The monoisotopic (exact) mass is 422 g/mol. The van der Waals surface area contributed by atoms with Gasteiger partial charge in [0, 0.05) is 22.8 Å². The molecule has 0 saturated carbocycles. The van der Waals surface area contributed by atoms with Gasteiger partial charge in [-0.1, -0.05) is 36.4 Å². The Bertz CT molecular complexity index is 1020. The standard InChI is InChI=1S/C25H26O4S/c1-17-7-4-5-10-21(17)22(11-12-24(26)28-3)25(27)19-8-6-9-20(15-19)29-16-23-18(2)13-14-30-23/h4-10,13-15,22H,11-12,16H2,1-3H3. The van der Waals surface area contributed by atoms with Gasteiger partial charge in [-0.3, -0.25) is 9.59 Å². The number of hydrogen-bond donors (Lipinski definition) is 0. The summed E-state index contributed by atoms with van der Waals surface area (Å²) < 4.78 is 10.7. The summed E-state index contributed by atoms with van der Waals surface area (Å²) in [5.74, 6) is -0.0963. The zero-order valence-corrected chi connectivity index (χ0v) is 18.3. The maximum Gasteiger partial charge on any atom is 0.305 e. The summed E-state index contributed by atoms with van der Waals surface area (Å²) in [5, 5.41) is 2.04. The molecule has 0 spiro atoms. The third-order valence-electron chi connectivity index (χ3n) is 5.20. The van der Waals surface area contributed by atoms with Crippen molar-refractivity contribution in [3.63, 3.8) is 0 Å². The topological polar surface area (TPSA) is 52.6 Å². The first-order chi connectivity index (χ1) is 14.5. The minimum Gasteiger partial charge on any atom is -0.488 e. The summed E-state index contributed by atoms with van der Waals surface area (Å²) >= 11 is 1.66. The highest BCUT2D eigenvalue weighted by atomic mass is 32.1. The van der Waals surface area contributed by atoms with Crippen LogP contribution in [0.3, 0.4) is 0 Å². The molecule has 0 saturated heterocycles. The molecule has 156 valence electrons. The number of Topliss-reactive ketones (excluding diaryl/α,β-unsaturated/α-hetero) is 1. The molecule has 3 aromatic rings. The van der Waals surface area contributed by atoms with Gasteiger partial charge in [0.05, 0.1) is 7.11 Å². The molecule has 0 bridgehead atoms. The number of benzene rings is 2. The van der Waals surface area contributed by atoms with Crippen LogP contribution in [0, 0.1) is 13.8 Å². The van der Waals surface area contributed by atoms with Gasteiger partial charge in [0.2, 0.25) is 0 Å². The average molecular weight is 423 g/mol. The first-order valence-corrected chi connectivity index (χ1v) is 10.8. The lowest BCUT2D eigenvalue weighted by molar-refractivity contribution is -0.140. The van der Waals surface area contributed by atoms with Crippen LogP contribution >= 0.6 is 11.3 Å². The van der Waals surface area contributed by atoms with Crippen molar-refractivity contribution in [1.82, 2.24) is 0 Å². The fourth-order valence-electron chi connectivity index (χ4n) is 3.41. The van der Waals surface area contributed by atoms with Crippen molar-refractivity contribution in [3.05, 3.63) is 87.1 Å². The third kappa shape index (κ3) is 5.36. The summed E-state index contributed by atoms with van der Waals surface area (Å²) in [6, 6.07) is 17.1. The molecule has 4 nitrogen and oxygen atoms in total. The zero-order chi connectivity index (χ0) is 21.5. The molecule has 0 N–H and O–H groups in total. The molecule has 0 aliphatic heterocycles. The number of ether oxygens (including phenoxy) is 2. The fourth-order valence-corrected chi connectivity index (χ4v) is 4.23. The second-order valence-corrected chi connectivity index (χ2v) is 8.23. The lowest BCUT2D eigenvalue weighted by Gasteiger charge is -2.18. The molecule has 0 amide bonds. The van der Waals surface area contributed by atoms with Crippen LogP contribution in [0.5, 0.6) is 5.75 Å². The SMILES string of the molecule is COC(=O)CCC(C(=O)c1cccc(OCc2sccc2C)c1)c1ccccc1C. The molecule has 0 fully saturated rings. The second-order valence-electron chi connectivity index (χ2n) is 7.23. The van der Waals surface area contributed by atoms with Crippen molar-refractivity contribution in [2.45, 2.75) is 39.2 Å². The Morgan fingerprint density at radius 2 is 1.80 bits per heavy atom. The molecule has 0 aliphatic carbocycles. The number of aryl methyl sites for hydroxylation is 2. The van der Waals surface area contributed by atoms with E-state index < -0.39 is 5.92 Å². The molecule has 0 radical (unpaired) electrons. The third-order valence-corrected chi connectivity index (χ3v) is 6.20. The molecule has 5 heteroatoms. The van der Waals surface area contributed by atoms with Crippen molar-refractivity contribution in [3.8, 4) is 5.75 Å². The Labute approximate surface area is 181 Å². The minimum absolute atomic E-state index is 0.0223. The van der Waals surface area contributed by atoms with Crippen molar-refractivity contribution in [1.29, 1.82) is 0 Å². The maximum absolute atomic E-state index is 13.4. The summed E-state index contributed by atoms with van der Waals surface area (Å²) in [6.07, 6.45) is 0.588. The van der Waals surface area contributed by atoms with Crippen LogP contribution in [0.1, 0.15) is 50.7 Å². The largest absolute Gasteiger partial charge is 0.488 e. The summed E-state index contributed by atoms with van der Waals surface area (Å²) in [6.45, 7) is 4.52. The highest BCUT2D eigenvalue weighted by Crippen LogP contribution is 2.30. The van der Waals surface area contributed by atoms with Gasteiger partial charge in [-0.2, -0.15) is 0 Å². The molecule has 1 atom stereocenters. The number of carbonyl (C=O) groups excluding carboxylic acids is 2. The number of esters is 1. The average Bonchev–Trinajstić information content (AvgIpc) is 3.18. The van der Waals surface area contributed by atoms with Crippen LogP contribution in [0.2, 0.25) is 0 Å². The molecule has 1 aromatic heterocycles. The van der Waals surface area contributed by atoms with Gasteiger partial charge < -0.3 is 9.47 Å². The zero-order valence-electron chi connectivity index (χ0n) is 17.5. The van der Waals surface area contributed by atoms with E-state index in [1.54, 1.807) is 23.5 Å². The van der Waals surface area contributed by atoms with E-state index in [0.29, 0.717) is 24.3 Å². The molecule has 2 aromatic carbocycles. The van der Waals surface area contributed by atoms with E-state index in [2.05, 4.69) is 13.0 Å². The number of ketones is 1. The van der Waals surface area contributed by atoms with Gasteiger partial charge in [0.15, 0.2) is 5.78 Å². The fraction of sp³-hybridized carbons (Fsp3) is 0.280. The van der Waals surface area contributed by atoms with E-state index in [9.17, 15) is 9.59 Å². The second kappa shape index (κ2) is 10.2. The van der Waals surface area contributed by atoms with Crippen LogP contribution in [-0.2, 0) is 16.1 Å². The van der Waals surface area contributed by atoms with Crippen molar-refractivity contribution < 1.29 is 19.1 Å². The van der Waals surface area contributed by atoms with Gasteiger partial charge >= 0.3 is 5.97 Å². The quantitative estimate of drug-likeness (QED) is 0.320. The van der Waals surface area contributed by atoms with Crippen LogP contribution < -0.4 is 4.74 Å². The number of thiophene rings is 1. The maximum atomic E-state index is 13.4. The first kappa shape index (κ1) is 21.8. The van der Waals surface area contributed by atoms with E-state index in [4.69, 9.17) is 9.47 Å². The molecular weight excluding hydrogens is 396 g/mol. The smallest absolute Gasteiger partial charge is 0.305 e. The number of methoxy groups -OCH3 is 1. The summed E-state index contributed by atoms with van der Waals surface area (Å²) in [7, 11) is 1.36. The normalized spacial score (nSPS) is 11.7. The van der Waals surface area contributed by atoms with E-state index in [1.807, 2.05) is 48.7 Å². The van der Waals surface area contributed by atoms with Crippen LogP contribution in [0.15, 0.2) is 60.0 Å². The molecule has 1 heterocycles. The van der Waals surface area contributed by atoms with Crippen molar-refractivity contribution in [2.75, 3.05) is 7.11 Å². The predicted molar refractivity (Wildman–Crippen MR) is 119 cm³/mol. The van der Waals surface area contributed by atoms with Gasteiger partial charge in [0.1, 0.15) is 12.4 Å². The number of carbonyl (C=O) groups is 2. The molecule has 0 aliphatic rings. The van der Waals surface area contributed by atoms with E-state index in [1.165, 1.54) is 17.6 Å². The minimum atomic E-state index is -0.417. The predicted octanol–water partition coefficient (Wildman–Crippen LogP) is 5.86. The Balaban J connectivity index is 1.82. The van der Waals surface area contributed by atoms with Crippen LogP contribution in [-0.4, -0.2) is 18.9 Å². The Hall–Kier alpha value is -2.92. The molecule has 30 heavy (non-hydrogen) atoms. The van der Waals surface area contributed by atoms with Crippen molar-refractivity contribution >= 4 is 23.1 Å². The Kier molecular flexibility index (Phi) is 7.41. The number of rotatable bonds is 9. The Morgan fingerprint density at radius 3 is 2.50 bits per heavy atom. The van der Waals surface area contributed by atoms with Gasteiger partial charge in [0.25, 0.3) is 0 Å². The Morgan fingerprint density at radius 1 is 1.00 bits per heavy atom. The van der Waals surface area contributed by atoms with E-state index in [-0.39, 0.29) is 18.2 Å². The van der Waals surface area contributed by atoms with Gasteiger partial charge in [-0.25, -0.2) is 0 Å². The molecule has 1 unspecified atom stereocenters. The first-order valence-electron chi connectivity index (χ1n) is 9.92. The van der Waals surface area contributed by atoms with E-state index in [0.717, 1.165) is 11.1 Å². The van der Waals surface area contributed by atoms with Gasteiger partial charge in [-0.05, 0) is 60.5 Å². The van der Waals surface area contributed by atoms with E-state index >= 15 is 0 Å². The summed E-state index contributed by atoms with van der Waals surface area (Å²) in [5.41, 5.74) is 3.75. The summed E-state index contributed by atoms with van der Waals surface area (Å²) in [4.78, 5) is 26.3. The van der Waals surface area contributed by atoms with Gasteiger partial charge in [-0.15, -0.1) is 11.3 Å². The lowest BCUT2D eigenvalue weighted by atomic mass is 9.85. The number of hydrogen-bond acceptors (Lipinski definition) is 5. The highest BCUT2D eigenvalue weighted by molar-refractivity contribution is 7.10. The lowest BCUT2D eigenvalue weighted by Crippen LogP contribution is -2.16. The van der Waals surface area contributed by atoms with Crippen LogP contribution in [0.25, 0.3) is 0 Å². The molecule has 3 rings (SSSR count). The van der Waals surface area contributed by atoms with Crippen LogP contribution in [0.4, 0.5) is 0 Å². The van der Waals surface area contributed by atoms with Crippen molar-refractivity contribution in [2.24, 2.45) is 0 Å².